The maximum absolute atomic E-state index is 7.73. The summed E-state index contributed by atoms with van der Waals surface area (Å²) in [5, 5.41) is 10.6. The fourth-order valence-corrected chi connectivity index (χ4v) is 1.63. The molecule has 0 aromatic heterocycles. The molecule has 0 bridgehead atoms. The Morgan fingerprint density at radius 1 is 0.938 bits per heavy atom. The highest BCUT2D eigenvalue weighted by atomic mass is 14.9. The zero-order valence-corrected chi connectivity index (χ0v) is 9.20. The van der Waals surface area contributed by atoms with Crippen molar-refractivity contribution < 1.29 is 0 Å². The van der Waals surface area contributed by atoms with Gasteiger partial charge in [-0.2, -0.15) is 0 Å². The van der Waals surface area contributed by atoms with Crippen molar-refractivity contribution in [2.75, 3.05) is 7.05 Å². The predicted octanol–water partition coefficient (Wildman–Crippen LogP) is 2.90. The van der Waals surface area contributed by atoms with E-state index in [2.05, 4.69) is 23.5 Å². The van der Waals surface area contributed by atoms with Crippen molar-refractivity contribution >= 4 is 5.84 Å². The van der Waals surface area contributed by atoms with Crippen LogP contribution in [0, 0.1) is 5.41 Å². The van der Waals surface area contributed by atoms with Gasteiger partial charge in [0.1, 0.15) is 5.84 Å². The topological polar surface area (TPSA) is 35.9 Å². The summed E-state index contributed by atoms with van der Waals surface area (Å²) in [6, 6.07) is 18.2. The Bertz CT molecular complexity index is 489. The van der Waals surface area contributed by atoms with Crippen LogP contribution in [0.1, 0.15) is 5.56 Å². The van der Waals surface area contributed by atoms with Crippen LogP contribution in [-0.4, -0.2) is 12.9 Å². The molecule has 2 nitrogen and oxygen atoms in total. The lowest BCUT2D eigenvalue weighted by atomic mass is 10.0. The van der Waals surface area contributed by atoms with Gasteiger partial charge in [0.2, 0.25) is 0 Å². The minimum atomic E-state index is 0.442. The van der Waals surface area contributed by atoms with Gasteiger partial charge in [-0.1, -0.05) is 48.5 Å². The molecule has 2 aromatic carbocycles. The van der Waals surface area contributed by atoms with E-state index in [4.69, 9.17) is 5.41 Å². The largest absolute Gasteiger partial charge is 0.373 e. The van der Waals surface area contributed by atoms with Crippen LogP contribution < -0.4 is 5.32 Å². The summed E-state index contributed by atoms with van der Waals surface area (Å²) in [4.78, 5) is 0. The molecule has 0 radical (unpaired) electrons. The van der Waals surface area contributed by atoms with E-state index in [1.54, 1.807) is 7.05 Å². The Hall–Kier alpha value is -2.09. The third kappa shape index (κ3) is 2.11. The normalized spacial score (nSPS) is 9.81. The van der Waals surface area contributed by atoms with Crippen LogP contribution >= 0.6 is 0 Å². The van der Waals surface area contributed by atoms with Crippen molar-refractivity contribution in [3.8, 4) is 11.1 Å². The van der Waals surface area contributed by atoms with E-state index in [1.807, 2.05) is 36.4 Å². The molecule has 0 unspecified atom stereocenters. The van der Waals surface area contributed by atoms with E-state index in [-0.39, 0.29) is 0 Å². The molecule has 0 fully saturated rings. The first-order chi connectivity index (χ1) is 7.81. The highest BCUT2D eigenvalue weighted by molar-refractivity contribution is 5.97. The number of amidine groups is 1. The molecule has 0 aliphatic rings. The zero-order valence-electron chi connectivity index (χ0n) is 9.20. The van der Waals surface area contributed by atoms with E-state index in [0.29, 0.717) is 5.84 Å². The molecule has 0 heterocycles. The van der Waals surface area contributed by atoms with E-state index < -0.39 is 0 Å². The molecule has 80 valence electrons. The van der Waals surface area contributed by atoms with Gasteiger partial charge in [-0.25, -0.2) is 0 Å². The lowest BCUT2D eigenvalue weighted by molar-refractivity contribution is 1.14. The molecule has 0 spiro atoms. The van der Waals surface area contributed by atoms with Crippen LogP contribution in [0.3, 0.4) is 0 Å². The van der Waals surface area contributed by atoms with Crippen molar-refractivity contribution in [1.82, 2.24) is 5.32 Å². The first-order valence-electron chi connectivity index (χ1n) is 5.23. The fourth-order valence-electron chi connectivity index (χ4n) is 1.63. The second-order valence-corrected chi connectivity index (χ2v) is 3.57. The van der Waals surface area contributed by atoms with E-state index in [1.165, 1.54) is 5.56 Å². The molecule has 0 saturated carbocycles. The van der Waals surface area contributed by atoms with Gasteiger partial charge in [0.15, 0.2) is 0 Å². The third-order valence-electron chi connectivity index (χ3n) is 2.51. The molecule has 0 aliphatic carbocycles. The monoisotopic (exact) mass is 210 g/mol. The van der Waals surface area contributed by atoms with Gasteiger partial charge in [0.25, 0.3) is 0 Å². The molecule has 0 amide bonds. The number of hydrogen-bond acceptors (Lipinski definition) is 1. The Labute approximate surface area is 95.5 Å². The average Bonchev–Trinajstić information content (AvgIpc) is 2.39. The maximum atomic E-state index is 7.73. The van der Waals surface area contributed by atoms with Gasteiger partial charge >= 0.3 is 0 Å². The first-order valence-corrected chi connectivity index (χ1v) is 5.23. The molecule has 0 aliphatic heterocycles. The van der Waals surface area contributed by atoms with E-state index in [0.717, 1.165) is 11.1 Å². The van der Waals surface area contributed by atoms with Crippen molar-refractivity contribution in [3.05, 3.63) is 60.2 Å². The van der Waals surface area contributed by atoms with Gasteiger partial charge in [-0.15, -0.1) is 0 Å². The zero-order chi connectivity index (χ0) is 11.4. The smallest absolute Gasteiger partial charge is 0.125 e. The quantitative estimate of drug-likeness (QED) is 0.580. The Kier molecular flexibility index (Phi) is 3.01. The van der Waals surface area contributed by atoms with Gasteiger partial charge < -0.3 is 5.32 Å². The van der Waals surface area contributed by atoms with Crippen molar-refractivity contribution in [2.24, 2.45) is 0 Å². The summed E-state index contributed by atoms with van der Waals surface area (Å²) < 4.78 is 0. The summed E-state index contributed by atoms with van der Waals surface area (Å²) in [5.74, 6) is 0.442. The molecule has 2 heteroatoms. The standard InChI is InChI=1S/C14H14N2/c1-16-14(15)13-9-5-8-12(10-13)11-6-3-2-4-7-11/h2-10H,1H3,(H2,15,16). The Balaban J connectivity index is 2.40. The number of rotatable bonds is 2. The van der Waals surface area contributed by atoms with E-state index >= 15 is 0 Å². The number of nitrogens with one attached hydrogen (secondary N) is 2. The predicted molar refractivity (Wildman–Crippen MR) is 67.8 cm³/mol. The Morgan fingerprint density at radius 3 is 2.31 bits per heavy atom. The van der Waals surface area contributed by atoms with Gasteiger partial charge in [-0.05, 0) is 17.2 Å². The molecular weight excluding hydrogens is 196 g/mol. The molecule has 2 aromatic rings. The number of hydrogen-bond donors (Lipinski definition) is 2. The van der Waals surface area contributed by atoms with Crippen LogP contribution in [0.5, 0.6) is 0 Å². The summed E-state index contributed by atoms with van der Waals surface area (Å²) in [5.41, 5.74) is 3.22. The summed E-state index contributed by atoms with van der Waals surface area (Å²) in [6.45, 7) is 0. The molecule has 2 rings (SSSR count). The molecular formula is C14H14N2. The summed E-state index contributed by atoms with van der Waals surface area (Å²) >= 11 is 0. The third-order valence-corrected chi connectivity index (χ3v) is 2.51. The maximum Gasteiger partial charge on any atom is 0.125 e. The molecule has 0 atom stereocenters. The molecule has 16 heavy (non-hydrogen) atoms. The minimum Gasteiger partial charge on any atom is -0.373 e. The SMILES string of the molecule is CNC(=N)c1cccc(-c2ccccc2)c1. The van der Waals surface area contributed by atoms with Gasteiger partial charge in [-0.3, -0.25) is 5.41 Å². The lowest BCUT2D eigenvalue weighted by Gasteiger charge is -2.06. The average molecular weight is 210 g/mol. The lowest BCUT2D eigenvalue weighted by Crippen LogP contribution is -2.17. The number of benzene rings is 2. The minimum absolute atomic E-state index is 0.442. The molecule has 2 N–H and O–H groups in total. The van der Waals surface area contributed by atoms with Crippen LogP contribution in [0.25, 0.3) is 11.1 Å². The second-order valence-electron chi connectivity index (χ2n) is 3.57. The Morgan fingerprint density at radius 2 is 1.62 bits per heavy atom. The summed E-state index contributed by atoms with van der Waals surface area (Å²) in [7, 11) is 1.76. The summed E-state index contributed by atoms with van der Waals surface area (Å²) in [6.07, 6.45) is 0. The molecule has 0 saturated heterocycles. The van der Waals surface area contributed by atoms with Crippen molar-refractivity contribution in [1.29, 1.82) is 5.41 Å². The first kappa shape index (κ1) is 10.4. The van der Waals surface area contributed by atoms with Crippen LogP contribution in [0.4, 0.5) is 0 Å². The fraction of sp³-hybridized carbons (Fsp3) is 0.0714. The highest BCUT2D eigenvalue weighted by Gasteiger charge is 2.01. The van der Waals surface area contributed by atoms with Crippen LogP contribution in [-0.2, 0) is 0 Å². The van der Waals surface area contributed by atoms with E-state index in [9.17, 15) is 0 Å². The van der Waals surface area contributed by atoms with Crippen LogP contribution in [0.15, 0.2) is 54.6 Å². The van der Waals surface area contributed by atoms with Crippen molar-refractivity contribution in [3.63, 3.8) is 0 Å². The highest BCUT2D eigenvalue weighted by Crippen LogP contribution is 2.19. The second kappa shape index (κ2) is 4.62. The van der Waals surface area contributed by atoms with Gasteiger partial charge in [0, 0.05) is 12.6 Å². The van der Waals surface area contributed by atoms with Crippen LogP contribution in [0.2, 0.25) is 0 Å². The van der Waals surface area contributed by atoms with Gasteiger partial charge in [0.05, 0.1) is 0 Å². The van der Waals surface area contributed by atoms with Crippen molar-refractivity contribution in [2.45, 2.75) is 0 Å².